The van der Waals surface area contributed by atoms with Crippen LogP contribution in [-0.4, -0.2) is 34.7 Å². The lowest BCUT2D eigenvalue weighted by atomic mass is 10.1. The number of fused-ring (bicyclic) bond motifs is 1. The molecule has 0 radical (unpaired) electrons. The number of rotatable bonds is 6. The van der Waals surface area contributed by atoms with E-state index < -0.39 is 5.97 Å². The molecule has 0 saturated heterocycles. The second-order valence-corrected chi connectivity index (χ2v) is 8.29. The van der Waals surface area contributed by atoms with Crippen molar-refractivity contribution in [1.29, 1.82) is 0 Å². The molecule has 0 saturated carbocycles. The molecule has 31 heavy (non-hydrogen) atoms. The predicted octanol–water partition coefficient (Wildman–Crippen LogP) is 4.17. The summed E-state index contributed by atoms with van der Waals surface area (Å²) in [5.74, 6) is -0.623. The summed E-state index contributed by atoms with van der Waals surface area (Å²) in [6.07, 6.45) is 0. The van der Waals surface area contributed by atoms with Gasteiger partial charge in [0.05, 0.1) is 23.8 Å². The molecule has 0 atom stereocenters. The summed E-state index contributed by atoms with van der Waals surface area (Å²) < 4.78 is 4.65. The van der Waals surface area contributed by atoms with Crippen molar-refractivity contribution in [2.75, 3.05) is 18.2 Å². The number of aromatic nitrogens is 2. The van der Waals surface area contributed by atoms with Gasteiger partial charge in [0.25, 0.3) is 5.56 Å². The summed E-state index contributed by atoms with van der Waals surface area (Å²) in [5.41, 5.74) is 2.53. The van der Waals surface area contributed by atoms with Crippen molar-refractivity contribution in [1.82, 2.24) is 9.97 Å². The number of anilines is 1. The molecule has 0 spiro atoms. The average Bonchev–Trinajstić information content (AvgIpc) is 3.23. The molecule has 0 aliphatic heterocycles. The van der Waals surface area contributed by atoms with Gasteiger partial charge in [0.2, 0.25) is 5.91 Å². The van der Waals surface area contributed by atoms with Crippen LogP contribution >= 0.6 is 23.1 Å². The van der Waals surface area contributed by atoms with Crippen LogP contribution in [0.25, 0.3) is 21.3 Å². The number of aromatic amines is 1. The molecule has 2 aromatic heterocycles. The second kappa shape index (κ2) is 9.15. The van der Waals surface area contributed by atoms with Crippen molar-refractivity contribution < 1.29 is 14.3 Å². The number of H-pyrrole nitrogens is 1. The number of carbonyl (C=O) groups excluding carboxylic acids is 2. The number of methoxy groups -OCH3 is 1. The summed E-state index contributed by atoms with van der Waals surface area (Å²) in [6, 6.07) is 16.1. The highest BCUT2D eigenvalue weighted by molar-refractivity contribution is 7.99. The smallest absolute Gasteiger partial charge is 0.337 e. The van der Waals surface area contributed by atoms with E-state index in [1.807, 2.05) is 35.7 Å². The summed E-state index contributed by atoms with van der Waals surface area (Å²) in [7, 11) is 1.31. The molecule has 9 heteroatoms. The number of carbonyl (C=O) groups is 2. The molecule has 2 N–H and O–H groups in total. The summed E-state index contributed by atoms with van der Waals surface area (Å²) >= 11 is 2.54. The van der Waals surface area contributed by atoms with Crippen LogP contribution in [0.15, 0.2) is 69.9 Å². The first-order valence-electron chi connectivity index (χ1n) is 9.23. The third-order valence-corrected chi connectivity index (χ3v) is 6.18. The van der Waals surface area contributed by atoms with Gasteiger partial charge in [0.15, 0.2) is 5.16 Å². The highest BCUT2D eigenvalue weighted by atomic mass is 32.2. The Morgan fingerprint density at radius 3 is 2.58 bits per heavy atom. The van der Waals surface area contributed by atoms with Crippen LogP contribution in [-0.2, 0) is 9.53 Å². The average molecular weight is 452 g/mol. The van der Waals surface area contributed by atoms with Crippen molar-refractivity contribution in [3.8, 4) is 11.1 Å². The van der Waals surface area contributed by atoms with Crippen molar-refractivity contribution in [2.45, 2.75) is 5.16 Å². The van der Waals surface area contributed by atoms with Crippen LogP contribution in [0.1, 0.15) is 10.4 Å². The van der Waals surface area contributed by atoms with Gasteiger partial charge in [-0.15, -0.1) is 11.3 Å². The van der Waals surface area contributed by atoms with E-state index in [1.165, 1.54) is 18.4 Å². The third-order valence-electron chi connectivity index (χ3n) is 4.44. The van der Waals surface area contributed by atoms with E-state index in [1.54, 1.807) is 24.3 Å². The number of esters is 1. The van der Waals surface area contributed by atoms with E-state index in [9.17, 15) is 14.4 Å². The first kappa shape index (κ1) is 20.8. The van der Waals surface area contributed by atoms with E-state index in [2.05, 4.69) is 20.0 Å². The molecule has 1 amide bonds. The number of nitrogens with zero attached hydrogens (tertiary/aromatic N) is 1. The number of ether oxygens (including phenoxy) is 1. The number of amides is 1. The Morgan fingerprint density at radius 1 is 1.13 bits per heavy atom. The van der Waals surface area contributed by atoms with Crippen LogP contribution in [0.5, 0.6) is 0 Å². The van der Waals surface area contributed by atoms with E-state index in [-0.39, 0.29) is 17.2 Å². The highest BCUT2D eigenvalue weighted by Gasteiger charge is 2.14. The van der Waals surface area contributed by atoms with Gasteiger partial charge in [-0.25, -0.2) is 9.78 Å². The number of benzene rings is 2. The maximum absolute atomic E-state index is 12.7. The van der Waals surface area contributed by atoms with Gasteiger partial charge < -0.3 is 15.0 Å². The number of thioether (sulfide) groups is 1. The normalized spacial score (nSPS) is 10.7. The Hall–Kier alpha value is -3.43. The van der Waals surface area contributed by atoms with Crippen molar-refractivity contribution in [2.24, 2.45) is 0 Å². The topological polar surface area (TPSA) is 101 Å². The number of hydrogen-bond acceptors (Lipinski definition) is 7. The first-order chi connectivity index (χ1) is 15.0. The van der Waals surface area contributed by atoms with E-state index in [0.29, 0.717) is 26.6 Å². The van der Waals surface area contributed by atoms with Crippen LogP contribution in [0.3, 0.4) is 0 Å². The van der Waals surface area contributed by atoms with Crippen LogP contribution in [0.2, 0.25) is 0 Å². The lowest BCUT2D eigenvalue weighted by Gasteiger charge is -2.06. The van der Waals surface area contributed by atoms with E-state index in [0.717, 1.165) is 22.9 Å². The molecule has 0 unspecified atom stereocenters. The Balaban J connectivity index is 1.44. The molecular weight excluding hydrogens is 434 g/mol. The van der Waals surface area contributed by atoms with Gasteiger partial charge in [-0.1, -0.05) is 42.1 Å². The van der Waals surface area contributed by atoms with Gasteiger partial charge in [0, 0.05) is 16.6 Å². The van der Waals surface area contributed by atoms with Crippen LogP contribution in [0.4, 0.5) is 5.69 Å². The maximum Gasteiger partial charge on any atom is 0.337 e. The molecule has 4 aromatic rings. The van der Waals surface area contributed by atoms with Crippen molar-refractivity contribution in [3.63, 3.8) is 0 Å². The standard InChI is InChI=1S/C22H17N3O4S2/c1-29-21(28)14-7-9-15(10-8-14)23-17(26)12-31-22-24-19(27)18-16(11-30-20(18)25-22)13-5-3-2-4-6-13/h2-11H,12H2,1H3,(H,23,26)(H,24,25,27). The molecule has 0 aliphatic carbocycles. The lowest BCUT2D eigenvalue weighted by molar-refractivity contribution is -0.113. The first-order valence-corrected chi connectivity index (χ1v) is 11.1. The maximum atomic E-state index is 12.7. The van der Waals surface area contributed by atoms with E-state index in [4.69, 9.17) is 0 Å². The SMILES string of the molecule is COC(=O)c1ccc(NC(=O)CSc2nc3scc(-c4ccccc4)c3c(=O)[nH]2)cc1. The minimum Gasteiger partial charge on any atom is -0.465 e. The monoisotopic (exact) mass is 451 g/mol. The van der Waals surface area contributed by atoms with Gasteiger partial charge in [-0.3, -0.25) is 9.59 Å². The molecule has 4 rings (SSSR count). The Kier molecular flexibility index (Phi) is 6.15. The fourth-order valence-electron chi connectivity index (χ4n) is 2.97. The highest BCUT2D eigenvalue weighted by Crippen LogP contribution is 2.31. The largest absolute Gasteiger partial charge is 0.465 e. The molecule has 0 bridgehead atoms. The van der Waals surface area contributed by atoms with Gasteiger partial charge in [-0.2, -0.15) is 0 Å². The Morgan fingerprint density at radius 2 is 1.87 bits per heavy atom. The Labute approximate surface area is 185 Å². The minimum absolute atomic E-state index is 0.0735. The van der Waals surface area contributed by atoms with Crippen molar-refractivity contribution in [3.05, 3.63) is 75.9 Å². The molecular formula is C22H17N3O4S2. The molecule has 0 fully saturated rings. The zero-order valence-corrected chi connectivity index (χ0v) is 18.0. The lowest BCUT2D eigenvalue weighted by Crippen LogP contribution is -2.15. The fraction of sp³-hybridized carbons (Fsp3) is 0.0909. The number of nitrogens with one attached hydrogen (secondary N) is 2. The summed E-state index contributed by atoms with van der Waals surface area (Å²) in [6.45, 7) is 0. The van der Waals surface area contributed by atoms with Crippen molar-refractivity contribution >= 4 is 50.9 Å². The second-order valence-electron chi connectivity index (χ2n) is 6.47. The quantitative estimate of drug-likeness (QED) is 0.259. The fourth-order valence-corrected chi connectivity index (χ4v) is 4.63. The summed E-state index contributed by atoms with van der Waals surface area (Å²) in [5, 5.41) is 5.60. The summed E-state index contributed by atoms with van der Waals surface area (Å²) in [4.78, 5) is 44.3. The number of hydrogen-bond donors (Lipinski definition) is 2. The van der Waals surface area contributed by atoms with Crippen LogP contribution < -0.4 is 10.9 Å². The Bertz CT molecular complexity index is 1300. The molecule has 7 nitrogen and oxygen atoms in total. The molecule has 156 valence electrons. The number of thiophene rings is 1. The molecule has 2 aromatic carbocycles. The zero-order valence-electron chi connectivity index (χ0n) is 16.4. The predicted molar refractivity (Wildman–Crippen MR) is 123 cm³/mol. The molecule has 2 heterocycles. The van der Waals surface area contributed by atoms with Gasteiger partial charge in [0.1, 0.15) is 4.83 Å². The molecule has 0 aliphatic rings. The van der Waals surface area contributed by atoms with Gasteiger partial charge >= 0.3 is 5.97 Å². The van der Waals surface area contributed by atoms with Crippen LogP contribution in [0, 0.1) is 0 Å². The van der Waals surface area contributed by atoms with E-state index >= 15 is 0 Å². The zero-order chi connectivity index (χ0) is 21.8. The minimum atomic E-state index is -0.442. The van der Waals surface area contributed by atoms with Gasteiger partial charge in [-0.05, 0) is 29.8 Å². The third kappa shape index (κ3) is 4.68.